The molecule has 14 aromatic carbocycles. The summed E-state index contributed by atoms with van der Waals surface area (Å²) < 4.78 is 65.1. The third-order valence-electron chi connectivity index (χ3n) is 22.5. The van der Waals surface area contributed by atoms with Gasteiger partial charge in [0.2, 0.25) is 0 Å². The molecule has 4 atom stereocenters. The summed E-state index contributed by atoms with van der Waals surface area (Å²) in [5, 5.41) is 7.98. The van der Waals surface area contributed by atoms with Gasteiger partial charge in [-0.3, -0.25) is 0 Å². The molecule has 0 spiro atoms. The van der Waals surface area contributed by atoms with Crippen molar-refractivity contribution in [3.8, 4) is 0 Å². The van der Waals surface area contributed by atoms with Crippen LogP contribution >= 0.6 is 60.4 Å². The van der Waals surface area contributed by atoms with Gasteiger partial charge in [-0.05, 0) is 148 Å². The highest BCUT2D eigenvalue weighted by molar-refractivity contribution is 9.10. The maximum Gasteiger partial charge on any atom is 0.172 e. The van der Waals surface area contributed by atoms with Gasteiger partial charge in [0.1, 0.15) is 0 Å². The maximum atomic E-state index is 16.8. The second-order valence-corrected chi connectivity index (χ2v) is 42.1. The smallest absolute Gasteiger partial charge is 0.172 e. The van der Waals surface area contributed by atoms with E-state index >= 15 is 9.13 Å². The Morgan fingerprint density at radius 1 is 0.250 bits per heavy atom. The topological polar surface area (TPSA) is 74.8 Å². The summed E-state index contributed by atoms with van der Waals surface area (Å²) in [5.74, 6) is 0. The molecule has 0 saturated heterocycles. The molecular formula is C96H82Br2N2O4P4. The molecule has 14 aromatic rings. The lowest BCUT2D eigenvalue weighted by molar-refractivity contribution is 0.589. The normalized spacial score (nSPS) is 19.8. The van der Waals surface area contributed by atoms with Crippen molar-refractivity contribution >= 4 is 158 Å². The quantitative estimate of drug-likeness (QED) is 0.154. The minimum atomic E-state index is -3.65. The van der Waals surface area contributed by atoms with Crippen molar-refractivity contribution in [2.75, 3.05) is 9.80 Å². The monoisotopic (exact) mass is 1610 g/mol. The summed E-state index contributed by atoms with van der Waals surface area (Å²) in [6, 6.07) is 114. The zero-order chi connectivity index (χ0) is 75.1. The fourth-order valence-corrected chi connectivity index (χ4v) is 33.0. The van der Waals surface area contributed by atoms with Crippen LogP contribution in [0.5, 0.6) is 0 Å². The van der Waals surface area contributed by atoms with Crippen molar-refractivity contribution in [2.45, 2.75) is 78.1 Å². The van der Waals surface area contributed by atoms with Gasteiger partial charge < -0.3 is 28.1 Å². The molecule has 12 heteroatoms. The molecule has 19 rings (SSSR count). The number of halogens is 2. The predicted octanol–water partition coefficient (Wildman–Crippen LogP) is 21.2. The van der Waals surface area contributed by atoms with Gasteiger partial charge in [0.05, 0.1) is 22.7 Å². The Balaban J connectivity index is 0.000000152. The molecule has 4 unspecified atom stereocenters. The molecule has 4 heterocycles. The molecule has 534 valence electrons. The molecule has 0 N–H and O–H groups in total. The highest BCUT2D eigenvalue weighted by Gasteiger charge is 2.51. The van der Waals surface area contributed by atoms with Crippen LogP contribution in [0, 0.1) is 0 Å². The first-order valence-corrected chi connectivity index (χ1v) is 45.3. The van der Waals surface area contributed by atoms with Gasteiger partial charge in [0.15, 0.2) is 28.6 Å². The molecule has 0 amide bonds. The summed E-state index contributed by atoms with van der Waals surface area (Å²) in [7, 11) is -13.7. The lowest BCUT2D eigenvalue weighted by Crippen LogP contribution is -2.49. The molecule has 6 nitrogen and oxygen atoms in total. The van der Waals surface area contributed by atoms with Crippen molar-refractivity contribution in [1.82, 2.24) is 0 Å². The van der Waals surface area contributed by atoms with E-state index in [9.17, 15) is 9.13 Å². The van der Waals surface area contributed by atoms with Crippen LogP contribution in [-0.2, 0) is 40.9 Å². The van der Waals surface area contributed by atoms with Gasteiger partial charge in [0.25, 0.3) is 0 Å². The summed E-state index contributed by atoms with van der Waals surface area (Å²) >= 11 is 7.08. The predicted molar refractivity (Wildman–Crippen MR) is 466 cm³/mol. The Kier molecular flexibility index (Phi) is 19.0. The minimum Gasteiger partial charge on any atom is -0.310 e. The van der Waals surface area contributed by atoms with E-state index in [4.69, 9.17) is 0 Å². The van der Waals surface area contributed by atoms with Gasteiger partial charge in [-0.2, -0.15) is 0 Å². The molecule has 5 aliphatic rings. The van der Waals surface area contributed by atoms with Crippen molar-refractivity contribution in [3.63, 3.8) is 0 Å². The lowest BCUT2D eigenvalue weighted by Gasteiger charge is -2.43. The zero-order valence-electron chi connectivity index (χ0n) is 61.6. The molecule has 4 aliphatic heterocycles. The molecule has 0 saturated carbocycles. The summed E-state index contributed by atoms with van der Waals surface area (Å²) in [6.07, 6.45) is 1.08. The highest BCUT2D eigenvalue weighted by atomic mass is 79.9. The largest absolute Gasteiger partial charge is 0.310 e. The SMILES string of the molecule is CC.CC1(C)c2ccccc2Cc2ccccc21.CC1(C)c2ccccc2N(c2ccc3c(c2)P(=O)(c2ccccc2)c2ccc(N4c5ccccc5C(C)(C)c5ccccc54)cc2P3(=O)c2ccccc2)c2ccccc21.O=P1(c2ccccc2)c2ccc(Br)cc2P(=O)(c2ccccc2)c2ccc(Br)cc21. The average molecular weight is 1610 g/mol. The van der Waals surface area contributed by atoms with Crippen LogP contribution in [0.1, 0.15) is 99.9 Å². The van der Waals surface area contributed by atoms with Gasteiger partial charge in [-0.1, -0.05) is 330 Å². The second-order valence-electron chi connectivity index (χ2n) is 29.5. The molecular weight excluding hydrogens is 1530 g/mol. The number of rotatable bonds is 6. The molecule has 0 aromatic heterocycles. The number of fused-ring (bicyclic) bond motifs is 10. The van der Waals surface area contributed by atoms with E-state index in [1.807, 2.05) is 184 Å². The van der Waals surface area contributed by atoms with Crippen LogP contribution in [0.2, 0.25) is 0 Å². The number of hydrogen-bond acceptors (Lipinski definition) is 6. The van der Waals surface area contributed by atoms with E-state index in [1.165, 1.54) is 44.5 Å². The number of benzene rings is 14. The van der Waals surface area contributed by atoms with Gasteiger partial charge in [0, 0.05) is 100 Å². The standard InChI is InChI=1S/C54H44N2O2P2.C24H16Br2O2P2.C16H16.C2H6/c1-53(2)41-23-11-15-27-45(41)55(46-28-16-12-24-42(46)53)37-31-33-49-51(35-37)59(57,39-19-7-5-8-20-39)50-34-32-38(36-52(50)60(49,58)40-21-9-6-10-22-40)56-47-29-17-13-25-43(47)54(3,4)44-26-14-18-30-48(44)56;25-17-12-14-22-23(15-17)29(27,19-7-3-1-4-8-19)21-13-11-18(26)16-24(21)30(22,28)20-9-5-2-6-10-20;1-16(2)14-9-5-3-7-12(14)11-13-8-4-6-10-15(13)16;1-2/h5-36H,1-4H3;1-16H;3-10H,11H2,1-2H3;1-2H3. The van der Waals surface area contributed by atoms with E-state index in [0.29, 0.717) is 53.0 Å². The molecule has 0 radical (unpaired) electrons. The lowest BCUT2D eigenvalue weighted by atomic mass is 9.69. The number of nitrogens with zero attached hydrogens (tertiary/aromatic N) is 2. The maximum absolute atomic E-state index is 16.8. The molecule has 108 heavy (non-hydrogen) atoms. The summed E-state index contributed by atoms with van der Waals surface area (Å²) in [4.78, 5) is 4.59. The molecule has 1 aliphatic carbocycles. The number of hydrogen-bond donors (Lipinski definition) is 0. The summed E-state index contributed by atoms with van der Waals surface area (Å²) in [5.41, 5.74) is 16.5. The van der Waals surface area contributed by atoms with Crippen LogP contribution in [0.4, 0.5) is 34.1 Å². The fraction of sp³-hybridized carbons (Fsp3) is 0.125. The van der Waals surface area contributed by atoms with Crippen LogP contribution in [0.15, 0.2) is 349 Å². The van der Waals surface area contributed by atoms with Crippen molar-refractivity contribution in [3.05, 3.63) is 393 Å². The average Bonchev–Trinajstić information content (AvgIpc) is 0.682. The summed E-state index contributed by atoms with van der Waals surface area (Å²) in [6.45, 7) is 17.8. The number of anilines is 6. The van der Waals surface area contributed by atoms with E-state index in [-0.39, 0.29) is 16.2 Å². The fourth-order valence-electron chi connectivity index (χ4n) is 17.4. The third-order valence-corrected chi connectivity index (χ3v) is 36.8. The first kappa shape index (κ1) is 72.7. The number of para-hydroxylation sites is 4. The third kappa shape index (κ3) is 11.5. The Morgan fingerprint density at radius 3 is 0.759 bits per heavy atom. The van der Waals surface area contributed by atoms with E-state index in [2.05, 4.69) is 253 Å². The van der Waals surface area contributed by atoms with E-state index in [0.717, 1.165) is 60.1 Å². The zero-order valence-corrected chi connectivity index (χ0v) is 68.4. The Labute approximate surface area is 652 Å². The Bertz CT molecular complexity index is 5600. The van der Waals surface area contributed by atoms with Gasteiger partial charge >= 0.3 is 0 Å². The van der Waals surface area contributed by atoms with Crippen LogP contribution in [0.3, 0.4) is 0 Å². The molecule has 0 fully saturated rings. The second kappa shape index (κ2) is 28.2. The Hall–Kier alpha value is -9.44. The van der Waals surface area contributed by atoms with Gasteiger partial charge in [-0.25, -0.2) is 0 Å². The van der Waals surface area contributed by atoms with Crippen molar-refractivity contribution in [1.29, 1.82) is 0 Å². The highest BCUT2D eigenvalue weighted by Crippen LogP contribution is 2.60. The Morgan fingerprint density at radius 2 is 0.472 bits per heavy atom. The molecule has 0 bridgehead atoms. The van der Waals surface area contributed by atoms with E-state index in [1.54, 1.807) is 0 Å². The van der Waals surface area contributed by atoms with Crippen molar-refractivity contribution in [2.24, 2.45) is 0 Å². The first-order chi connectivity index (χ1) is 52.2. The first-order valence-electron chi connectivity index (χ1n) is 36.9. The van der Waals surface area contributed by atoms with Crippen LogP contribution < -0.4 is 73.5 Å². The van der Waals surface area contributed by atoms with E-state index < -0.39 is 28.6 Å². The minimum absolute atomic E-state index is 0.144. The van der Waals surface area contributed by atoms with Crippen molar-refractivity contribution < 1.29 is 18.3 Å². The van der Waals surface area contributed by atoms with Gasteiger partial charge in [-0.15, -0.1) is 0 Å². The van der Waals surface area contributed by atoms with Crippen LogP contribution in [0.25, 0.3) is 0 Å². The van der Waals surface area contributed by atoms with Crippen LogP contribution in [-0.4, -0.2) is 0 Å².